The zero-order chi connectivity index (χ0) is 7.98. The molecule has 0 fully saturated rings. The Bertz CT molecular complexity index is 125. The molecular formula is C9H16O. The Hall–Kier alpha value is -0.560. The van der Waals surface area contributed by atoms with Gasteiger partial charge in [-0.1, -0.05) is 24.6 Å². The number of rotatable bonds is 4. The molecule has 0 spiro atoms. The summed E-state index contributed by atoms with van der Waals surface area (Å²) in [6.07, 6.45) is 4.95. The summed E-state index contributed by atoms with van der Waals surface area (Å²) < 4.78 is 0. The maximum absolute atomic E-state index is 8.66. The highest BCUT2D eigenvalue weighted by atomic mass is 16.3. The van der Waals surface area contributed by atoms with Gasteiger partial charge in [0.05, 0.1) is 6.61 Å². The van der Waals surface area contributed by atoms with Gasteiger partial charge in [-0.05, 0) is 19.3 Å². The largest absolute Gasteiger partial charge is 0.392 e. The first-order valence-corrected chi connectivity index (χ1v) is 3.59. The highest BCUT2D eigenvalue weighted by Crippen LogP contribution is 2.06. The molecule has 10 heavy (non-hydrogen) atoms. The molecule has 0 aromatic heterocycles. The van der Waals surface area contributed by atoms with Crippen molar-refractivity contribution in [3.8, 4) is 0 Å². The van der Waals surface area contributed by atoms with Crippen molar-refractivity contribution in [2.75, 3.05) is 6.61 Å². The summed E-state index contributed by atoms with van der Waals surface area (Å²) in [4.78, 5) is 0. The van der Waals surface area contributed by atoms with Crippen LogP contribution in [0.2, 0.25) is 0 Å². The maximum Gasteiger partial charge on any atom is 0.0639 e. The van der Waals surface area contributed by atoms with E-state index in [9.17, 15) is 0 Å². The molecule has 0 bridgehead atoms. The first-order chi connectivity index (χ1) is 4.70. The summed E-state index contributed by atoms with van der Waals surface area (Å²) in [5, 5.41) is 8.66. The second-order valence-corrected chi connectivity index (χ2v) is 2.67. The highest BCUT2D eigenvalue weighted by Gasteiger charge is 1.93. The molecule has 0 saturated carbocycles. The topological polar surface area (TPSA) is 20.2 Å². The zero-order valence-corrected chi connectivity index (χ0v) is 6.80. The van der Waals surface area contributed by atoms with Crippen molar-refractivity contribution in [2.24, 2.45) is 5.92 Å². The van der Waals surface area contributed by atoms with Crippen LogP contribution in [0.3, 0.4) is 0 Å². The first kappa shape index (κ1) is 9.44. The lowest BCUT2D eigenvalue weighted by Gasteiger charge is -2.02. The standard InChI is InChI=1S/C9H16O/c1-4-5-8(2)6-9(3)7-10/h4,6,8,10H,1,5,7H2,2-3H3/b9-6-/t8-/m0/s1. The van der Waals surface area contributed by atoms with E-state index in [1.165, 1.54) is 0 Å². The molecule has 0 aliphatic carbocycles. The fourth-order valence-corrected chi connectivity index (χ4v) is 0.869. The second-order valence-electron chi connectivity index (χ2n) is 2.67. The van der Waals surface area contributed by atoms with Crippen molar-refractivity contribution >= 4 is 0 Å². The molecule has 1 atom stereocenters. The van der Waals surface area contributed by atoms with Crippen LogP contribution in [0.5, 0.6) is 0 Å². The molecule has 0 aliphatic heterocycles. The predicted molar refractivity (Wildman–Crippen MR) is 44.8 cm³/mol. The zero-order valence-electron chi connectivity index (χ0n) is 6.80. The summed E-state index contributed by atoms with van der Waals surface area (Å²) >= 11 is 0. The molecule has 1 nitrogen and oxygen atoms in total. The van der Waals surface area contributed by atoms with Crippen molar-refractivity contribution in [1.82, 2.24) is 0 Å². The van der Waals surface area contributed by atoms with E-state index < -0.39 is 0 Å². The van der Waals surface area contributed by atoms with Gasteiger partial charge in [0.1, 0.15) is 0 Å². The normalized spacial score (nSPS) is 14.9. The lowest BCUT2D eigenvalue weighted by atomic mass is 10.1. The molecule has 0 aliphatic rings. The van der Waals surface area contributed by atoms with Gasteiger partial charge in [-0.25, -0.2) is 0 Å². The van der Waals surface area contributed by atoms with Gasteiger partial charge in [0.2, 0.25) is 0 Å². The van der Waals surface area contributed by atoms with Crippen LogP contribution in [0.25, 0.3) is 0 Å². The third-order valence-corrected chi connectivity index (χ3v) is 1.36. The van der Waals surface area contributed by atoms with Gasteiger partial charge in [0.15, 0.2) is 0 Å². The Kier molecular flexibility index (Phi) is 4.95. The predicted octanol–water partition coefficient (Wildman–Crippen LogP) is 2.14. The van der Waals surface area contributed by atoms with Gasteiger partial charge in [-0.2, -0.15) is 0 Å². The van der Waals surface area contributed by atoms with Crippen LogP contribution in [-0.2, 0) is 0 Å². The molecule has 0 aromatic carbocycles. The fraction of sp³-hybridized carbons (Fsp3) is 0.556. The van der Waals surface area contributed by atoms with Gasteiger partial charge in [-0.15, -0.1) is 6.58 Å². The van der Waals surface area contributed by atoms with Crippen molar-refractivity contribution in [1.29, 1.82) is 0 Å². The second kappa shape index (κ2) is 5.24. The fourth-order valence-electron chi connectivity index (χ4n) is 0.869. The van der Waals surface area contributed by atoms with Crippen LogP contribution < -0.4 is 0 Å². The molecule has 0 aromatic rings. The Labute approximate surface area is 63.1 Å². The minimum Gasteiger partial charge on any atom is -0.392 e. The molecule has 0 unspecified atom stereocenters. The molecule has 0 saturated heterocycles. The molecular weight excluding hydrogens is 124 g/mol. The van der Waals surface area contributed by atoms with E-state index in [1.807, 2.05) is 13.0 Å². The molecule has 0 heterocycles. The van der Waals surface area contributed by atoms with Gasteiger partial charge in [-0.3, -0.25) is 0 Å². The van der Waals surface area contributed by atoms with Crippen molar-refractivity contribution in [3.63, 3.8) is 0 Å². The number of hydrogen-bond acceptors (Lipinski definition) is 1. The van der Waals surface area contributed by atoms with Crippen molar-refractivity contribution < 1.29 is 5.11 Å². The maximum atomic E-state index is 8.66. The molecule has 0 amide bonds. The summed E-state index contributed by atoms with van der Waals surface area (Å²) in [6.45, 7) is 7.85. The Morgan fingerprint density at radius 3 is 2.70 bits per heavy atom. The molecule has 58 valence electrons. The third kappa shape index (κ3) is 4.33. The van der Waals surface area contributed by atoms with E-state index in [0.29, 0.717) is 5.92 Å². The number of hydrogen-bond donors (Lipinski definition) is 1. The summed E-state index contributed by atoms with van der Waals surface area (Å²) in [5.74, 6) is 0.504. The van der Waals surface area contributed by atoms with E-state index in [1.54, 1.807) is 0 Å². The minimum atomic E-state index is 0.168. The molecule has 0 rings (SSSR count). The van der Waals surface area contributed by atoms with Crippen LogP contribution in [0.4, 0.5) is 0 Å². The Morgan fingerprint density at radius 2 is 2.30 bits per heavy atom. The highest BCUT2D eigenvalue weighted by molar-refractivity contribution is 5.01. The van der Waals surface area contributed by atoms with Crippen molar-refractivity contribution in [3.05, 3.63) is 24.3 Å². The van der Waals surface area contributed by atoms with Gasteiger partial charge in [0.25, 0.3) is 0 Å². The molecule has 1 heteroatoms. The van der Waals surface area contributed by atoms with Crippen LogP contribution in [0, 0.1) is 5.92 Å². The number of aliphatic hydroxyl groups excluding tert-OH is 1. The number of allylic oxidation sites excluding steroid dienone is 2. The van der Waals surface area contributed by atoms with Gasteiger partial charge < -0.3 is 5.11 Å². The first-order valence-electron chi connectivity index (χ1n) is 3.59. The van der Waals surface area contributed by atoms with Crippen LogP contribution >= 0.6 is 0 Å². The summed E-state index contributed by atoms with van der Waals surface area (Å²) in [5.41, 5.74) is 1.04. The van der Waals surface area contributed by atoms with Crippen LogP contribution in [0.15, 0.2) is 24.3 Å². The van der Waals surface area contributed by atoms with Crippen LogP contribution in [-0.4, -0.2) is 11.7 Å². The van der Waals surface area contributed by atoms with Crippen LogP contribution in [0.1, 0.15) is 20.3 Å². The van der Waals surface area contributed by atoms with Crippen molar-refractivity contribution in [2.45, 2.75) is 20.3 Å². The van der Waals surface area contributed by atoms with E-state index in [2.05, 4.69) is 19.6 Å². The average Bonchev–Trinajstić information content (AvgIpc) is 1.88. The minimum absolute atomic E-state index is 0.168. The summed E-state index contributed by atoms with van der Waals surface area (Å²) in [7, 11) is 0. The van der Waals surface area contributed by atoms with Gasteiger partial charge >= 0.3 is 0 Å². The van der Waals surface area contributed by atoms with E-state index in [4.69, 9.17) is 5.11 Å². The molecule has 0 radical (unpaired) electrons. The van der Waals surface area contributed by atoms with E-state index >= 15 is 0 Å². The quantitative estimate of drug-likeness (QED) is 0.593. The SMILES string of the molecule is C=CC[C@H](C)/C=C(/C)CO. The smallest absolute Gasteiger partial charge is 0.0639 e. The van der Waals surface area contributed by atoms with E-state index in [-0.39, 0.29) is 6.61 Å². The lowest BCUT2D eigenvalue weighted by Crippen LogP contribution is -1.91. The Morgan fingerprint density at radius 1 is 1.70 bits per heavy atom. The number of aliphatic hydroxyl groups is 1. The lowest BCUT2D eigenvalue weighted by molar-refractivity contribution is 0.330. The molecule has 1 N–H and O–H groups in total. The van der Waals surface area contributed by atoms with Gasteiger partial charge in [0, 0.05) is 0 Å². The third-order valence-electron chi connectivity index (χ3n) is 1.36. The monoisotopic (exact) mass is 140 g/mol. The summed E-state index contributed by atoms with van der Waals surface area (Å²) in [6, 6.07) is 0. The Balaban J connectivity index is 3.73. The average molecular weight is 140 g/mol. The van der Waals surface area contributed by atoms with E-state index in [0.717, 1.165) is 12.0 Å².